The third kappa shape index (κ3) is 3.67. The highest BCUT2D eigenvalue weighted by molar-refractivity contribution is 5.07. The molecular weight excluding hydrogens is 200 g/mol. The number of rotatable bonds is 0. The number of hydrogen-bond acceptors (Lipinski definition) is 2. The highest BCUT2D eigenvalue weighted by Gasteiger charge is 2.07. The monoisotopic (exact) mass is 222 g/mol. The normalized spacial score (nSPS) is 24.2. The first-order chi connectivity index (χ1) is 7.84. The lowest BCUT2D eigenvalue weighted by Crippen LogP contribution is -2.06. The smallest absolute Gasteiger partial charge is 0.104 e. The third-order valence-corrected chi connectivity index (χ3v) is 3.39. The van der Waals surface area contributed by atoms with Crippen molar-refractivity contribution in [3.63, 3.8) is 0 Å². The van der Waals surface area contributed by atoms with Crippen LogP contribution in [0.15, 0.2) is 16.5 Å². The Balaban J connectivity index is 1.89. The summed E-state index contributed by atoms with van der Waals surface area (Å²) in [5, 5.41) is 9.74. The minimum absolute atomic E-state index is 0.0768. The first kappa shape index (κ1) is 11.7. The van der Waals surface area contributed by atoms with Crippen LogP contribution in [0.1, 0.15) is 56.5 Å². The van der Waals surface area contributed by atoms with Gasteiger partial charge in [0.25, 0.3) is 0 Å². The van der Waals surface area contributed by atoms with E-state index in [0.29, 0.717) is 0 Å². The van der Waals surface area contributed by atoms with Crippen LogP contribution in [0.4, 0.5) is 0 Å². The first-order valence-corrected chi connectivity index (χ1v) is 6.60. The number of aliphatic hydroxyl groups is 1. The van der Waals surface area contributed by atoms with E-state index >= 15 is 0 Å². The zero-order chi connectivity index (χ0) is 11.2. The summed E-state index contributed by atoms with van der Waals surface area (Å²) in [6.45, 7) is 0. The predicted molar refractivity (Wildman–Crippen MR) is 64.4 cm³/mol. The van der Waals surface area contributed by atoms with Gasteiger partial charge in [0, 0.05) is 12.8 Å². The van der Waals surface area contributed by atoms with Crippen LogP contribution in [0, 0.1) is 0 Å². The van der Waals surface area contributed by atoms with Gasteiger partial charge in [0.2, 0.25) is 0 Å². The van der Waals surface area contributed by atoms with Crippen LogP contribution < -0.4 is 0 Å². The second-order valence-electron chi connectivity index (χ2n) is 4.87. The fourth-order valence-electron chi connectivity index (χ4n) is 2.37. The lowest BCUT2D eigenvalue weighted by Gasteiger charge is -2.09. The molecule has 0 amide bonds. The lowest BCUT2D eigenvalue weighted by molar-refractivity contribution is 0.147. The quantitative estimate of drug-likeness (QED) is 0.729. The third-order valence-electron chi connectivity index (χ3n) is 3.39. The molecule has 0 spiro atoms. The number of furan rings is 1. The zero-order valence-electron chi connectivity index (χ0n) is 9.95. The summed E-state index contributed by atoms with van der Waals surface area (Å²) in [4.78, 5) is 0. The molecule has 2 rings (SSSR count). The Bertz CT molecular complexity index is 303. The molecule has 2 nitrogen and oxygen atoms in total. The maximum absolute atomic E-state index is 9.74. The maximum Gasteiger partial charge on any atom is 0.104 e. The van der Waals surface area contributed by atoms with Crippen molar-refractivity contribution in [3.05, 3.63) is 23.7 Å². The van der Waals surface area contributed by atoms with Crippen molar-refractivity contribution in [1.29, 1.82) is 0 Å². The van der Waals surface area contributed by atoms with E-state index in [1.807, 2.05) is 0 Å². The summed E-state index contributed by atoms with van der Waals surface area (Å²) in [6.07, 6.45) is 9.69. The van der Waals surface area contributed by atoms with Gasteiger partial charge in [-0.3, -0.25) is 0 Å². The van der Waals surface area contributed by atoms with Gasteiger partial charge in [-0.1, -0.05) is 19.3 Å². The van der Waals surface area contributed by atoms with Gasteiger partial charge in [0.1, 0.15) is 11.5 Å². The Hall–Kier alpha value is -0.760. The average molecular weight is 222 g/mol. The molecule has 0 fully saturated rings. The second-order valence-corrected chi connectivity index (χ2v) is 4.87. The summed E-state index contributed by atoms with van der Waals surface area (Å²) in [7, 11) is 0. The number of aliphatic hydroxyl groups excluding tert-OH is 1. The van der Waals surface area contributed by atoms with Crippen LogP contribution in [0.3, 0.4) is 0 Å². The molecule has 90 valence electrons. The summed E-state index contributed by atoms with van der Waals surface area (Å²) in [6, 6.07) is 4.23. The molecular formula is C14H22O2. The van der Waals surface area contributed by atoms with Gasteiger partial charge in [0.05, 0.1) is 6.10 Å². The van der Waals surface area contributed by atoms with E-state index in [-0.39, 0.29) is 6.10 Å². The molecule has 16 heavy (non-hydrogen) atoms. The molecule has 0 saturated carbocycles. The van der Waals surface area contributed by atoms with Crippen molar-refractivity contribution in [2.75, 3.05) is 0 Å². The number of hydrogen-bond donors (Lipinski definition) is 1. The van der Waals surface area contributed by atoms with E-state index in [1.165, 1.54) is 12.8 Å². The van der Waals surface area contributed by atoms with Crippen LogP contribution in [0.2, 0.25) is 0 Å². The first-order valence-electron chi connectivity index (χ1n) is 6.60. The topological polar surface area (TPSA) is 33.4 Å². The van der Waals surface area contributed by atoms with E-state index in [9.17, 15) is 5.11 Å². The molecule has 0 radical (unpaired) electrons. The van der Waals surface area contributed by atoms with E-state index in [0.717, 1.165) is 56.5 Å². The fraction of sp³-hybridized carbons (Fsp3) is 0.714. The fourth-order valence-corrected chi connectivity index (χ4v) is 2.37. The molecule has 0 saturated heterocycles. The standard InChI is InChI=1S/C14H22O2/c15-12-6-2-1-3-8-13-10-11-14(16-13)9-5-4-7-12/h10-12,15H,1-9H2. The summed E-state index contributed by atoms with van der Waals surface area (Å²) >= 11 is 0. The molecule has 0 aliphatic carbocycles. The van der Waals surface area contributed by atoms with Gasteiger partial charge in [-0.15, -0.1) is 0 Å². The zero-order valence-corrected chi connectivity index (χ0v) is 9.95. The molecule has 1 N–H and O–H groups in total. The van der Waals surface area contributed by atoms with Crippen LogP contribution in [-0.4, -0.2) is 11.2 Å². The summed E-state index contributed by atoms with van der Waals surface area (Å²) in [5.41, 5.74) is 0. The molecule has 1 aliphatic rings. The Kier molecular flexibility index (Phi) is 4.46. The lowest BCUT2D eigenvalue weighted by atomic mass is 10.0. The predicted octanol–water partition coefficient (Wildman–Crippen LogP) is 3.47. The minimum Gasteiger partial charge on any atom is -0.466 e. The van der Waals surface area contributed by atoms with E-state index < -0.39 is 0 Å². The van der Waals surface area contributed by atoms with Gasteiger partial charge < -0.3 is 9.52 Å². The Morgan fingerprint density at radius 1 is 0.875 bits per heavy atom. The van der Waals surface area contributed by atoms with Gasteiger partial charge >= 0.3 is 0 Å². The largest absolute Gasteiger partial charge is 0.466 e. The van der Waals surface area contributed by atoms with E-state index in [4.69, 9.17) is 4.42 Å². The molecule has 2 heteroatoms. The van der Waals surface area contributed by atoms with Crippen molar-refractivity contribution in [2.24, 2.45) is 0 Å². The molecule has 2 bridgehead atoms. The molecule has 1 unspecified atom stereocenters. The van der Waals surface area contributed by atoms with Gasteiger partial charge in [-0.25, -0.2) is 0 Å². The SMILES string of the molecule is OC1CCCCCc2ccc(o2)CCCC1. The summed E-state index contributed by atoms with van der Waals surface area (Å²) in [5.74, 6) is 2.25. The molecule has 2 heterocycles. The Labute approximate surface area is 97.7 Å². The van der Waals surface area contributed by atoms with Crippen molar-refractivity contribution in [3.8, 4) is 0 Å². The van der Waals surface area contributed by atoms with Crippen molar-refractivity contribution in [2.45, 2.75) is 63.9 Å². The molecule has 0 aromatic carbocycles. The van der Waals surface area contributed by atoms with Crippen LogP contribution >= 0.6 is 0 Å². The minimum atomic E-state index is -0.0768. The Morgan fingerprint density at radius 3 is 2.12 bits per heavy atom. The number of fused-ring (bicyclic) bond motifs is 2. The van der Waals surface area contributed by atoms with Crippen molar-refractivity contribution in [1.82, 2.24) is 0 Å². The highest BCUT2D eigenvalue weighted by Crippen LogP contribution is 2.17. The van der Waals surface area contributed by atoms with Crippen LogP contribution in [-0.2, 0) is 12.8 Å². The molecule has 1 aliphatic heterocycles. The van der Waals surface area contributed by atoms with Crippen LogP contribution in [0.25, 0.3) is 0 Å². The molecule has 1 aromatic rings. The van der Waals surface area contributed by atoms with Crippen molar-refractivity contribution < 1.29 is 9.52 Å². The average Bonchev–Trinajstić information content (AvgIpc) is 2.72. The van der Waals surface area contributed by atoms with Gasteiger partial charge in [-0.2, -0.15) is 0 Å². The van der Waals surface area contributed by atoms with E-state index in [2.05, 4.69) is 12.1 Å². The molecule has 1 atom stereocenters. The second kappa shape index (κ2) is 6.09. The van der Waals surface area contributed by atoms with Gasteiger partial charge in [-0.05, 0) is 37.8 Å². The summed E-state index contributed by atoms with van der Waals surface area (Å²) < 4.78 is 5.76. The number of aryl methyl sites for hydroxylation is 2. The maximum atomic E-state index is 9.74. The van der Waals surface area contributed by atoms with Crippen LogP contribution in [0.5, 0.6) is 0 Å². The molecule has 1 aromatic heterocycles. The highest BCUT2D eigenvalue weighted by atomic mass is 16.3. The van der Waals surface area contributed by atoms with Crippen molar-refractivity contribution >= 4 is 0 Å². The van der Waals surface area contributed by atoms with Gasteiger partial charge in [0.15, 0.2) is 0 Å². The Morgan fingerprint density at radius 2 is 1.44 bits per heavy atom. The van der Waals surface area contributed by atoms with E-state index in [1.54, 1.807) is 0 Å².